The fourth-order valence-corrected chi connectivity index (χ4v) is 3.71. The maximum absolute atomic E-state index is 13.1. The van der Waals surface area contributed by atoms with Crippen molar-refractivity contribution >= 4 is 17.5 Å². The van der Waals surface area contributed by atoms with Crippen LogP contribution in [0.1, 0.15) is 35.1 Å². The third-order valence-electron chi connectivity index (χ3n) is 5.26. The van der Waals surface area contributed by atoms with Crippen LogP contribution in [0.2, 0.25) is 0 Å². The fourth-order valence-electron chi connectivity index (χ4n) is 3.71. The average Bonchev–Trinajstić information content (AvgIpc) is 3.13. The molecule has 0 radical (unpaired) electrons. The fraction of sp³-hybridized carbons (Fsp3) is 0.261. The predicted octanol–water partition coefficient (Wildman–Crippen LogP) is 1.94. The quantitative estimate of drug-likeness (QED) is 0.661. The first-order chi connectivity index (χ1) is 15.0. The summed E-state index contributed by atoms with van der Waals surface area (Å²) in [5.74, 6) is -0.482. The van der Waals surface area contributed by atoms with E-state index < -0.39 is 0 Å². The smallest absolute Gasteiger partial charge is 0.278 e. The molecular formula is C23H23N5O3. The Hall–Kier alpha value is -3.81. The summed E-state index contributed by atoms with van der Waals surface area (Å²) in [5, 5.41) is 7.00. The molecule has 3 heterocycles. The lowest BCUT2D eigenvalue weighted by Crippen LogP contribution is -2.38. The number of aryl methyl sites for hydroxylation is 1. The minimum absolute atomic E-state index is 0.00412. The number of para-hydroxylation sites is 1. The summed E-state index contributed by atoms with van der Waals surface area (Å²) < 4.78 is 1.17. The largest absolute Gasteiger partial charge is 0.350 e. The summed E-state index contributed by atoms with van der Waals surface area (Å²) in [5.41, 5.74) is 2.55. The average molecular weight is 417 g/mol. The highest BCUT2D eigenvalue weighted by Crippen LogP contribution is 2.32. The van der Waals surface area contributed by atoms with Gasteiger partial charge in [0.15, 0.2) is 0 Å². The Bertz CT molecular complexity index is 1160. The van der Waals surface area contributed by atoms with Crippen molar-refractivity contribution in [3.8, 4) is 0 Å². The molecule has 2 amide bonds. The Kier molecular flexibility index (Phi) is 5.88. The van der Waals surface area contributed by atoms with Gasteiger partial charge in [0.05, 0.1) is 18.8 Å². The maximum atomic E-state index is 13.1. The zero-order chi connectivity index (χ0) is 21.8. The Morgan fingerprint density at radius 3 is 2.71 bits per heavy atom. The first-order valence-electron chi connectivity index (χ1n) is 10.2. The summed E-state index contributed by atoms with van der Waals surface area (Å²) >= 11 is 0. The van der Waals surface area contributed by atoms with Crippen LogP contribution in [0.5, 0.6) is 0 Å². The van der Waals surface area contributed by atoms with E-state index in [0.717, 1.165) is 23.4 Å². The molecule has 158 valence electrons. The molecule has 8 heteroatoms. The number of hydrogen-bond donors (Lipinski definition) is 1. The molecule has 2 aromatic heterocycles. The first-order valence-corrected chi connectivity index (χ1v) is 10.2. The van der Waals surface area contributed by atoms with E-state index in [4.69, 9.17) is 0 Å². The second-order valence-corrected chi connectivity index (χ2v) is 7.48. The van der Waals surface area contributed by atoms with Crippen molar-refractivity contribution in [2.75, 3.05) is 4.90 Å². The summed E-state index contributed by atoms with van der Waals surface area (Å²) in [4.78, 5) is 43.4. The number of carbonyl (C=O) groups is 2. The van der Waals surface area contributed by atoms with Crippen LogP contribution >= 0.6 is 0 Å². The van der Waals surface area contributed by atoms with Gasteiger partial charge in [-0.2, -0.15) is 5.10 Å². The van der Waals surface area contributed by atoms with E-state index in [1.54, 1.807) is 17.2 Å². The zero-order valence-electron chi connectivity index (χ0n) is 17.2. The Morgan fingerprint density at radius 1 is 1.10 bits per heavy atom. The molecule has 0 spiro atoms. The van der Waals surface area contributed by atoms with Crippen molar-refractivity contribution in [1.29, 1.82) is 0 Å². The number of rotatable bonds is 6. The van der Waals surface area contributed by atoms with Crippen LogP contribution < -0.4 is 15.8 Å². The monoisotopic (exact) mass is 417 g/mol. The minimum Gasteiger partial charge on any atom is -0.350 e. The zero-order valence-corrected chi connectivity index (χ0v) is 17.2. The van der Waals surface area contributed by atoms with E-state index in [0.29, 0.717) is 6.54 Å². The topological polar surface area (TPSA) is 97.2 Å². The van der Waals surface area contributed by atoms with Crippen molar-refractivity contribution in [3.05, 3.63) is 88.1 Å². The molecule has 0 fully saturated rings. The van der Waals surface area contributed by atoms with Gasteiger partial charge in [0, 0.05) is 30.4 Å². The molecule has 1 N–H and O–H groups in total. The number of carbonyl (C=O) groups excluding carboxylic acids is 2. The lowest BCUT2D eigenvalue weighted by Gasteiger charge is -2.22. The predicted molar refractivity (Wildman–Crippen MR) is 116 cm³/mol. The van der Waals surface area contributed by atoms with Gasteiger partial charge in [-0.15, -0.1) is 0 Å². The van der Waals surface area contributed by atoms with Crippen molar-refractivity contribution in [1.82, 2.24) is 20.1 Å². The normalized spacial score (nSPS) is 14.9. The third-order valence-corrected chi connectivity index (χ3v) is 5.26. The van der Waals surface area contributed by atoms with Gasteiger partial charge in [0.25, 0.3) is 11.5 Å². The molecule has 0 saturated carbocycles. The number of hydrogen-bond acceptors (Lipinski definition) is 5. The molecule has 0 saturated heterocycles. The van der Waals surface area contributed by atoms with Crippen molar-refractivity contribution < 1.29 is 9.59 Å². The van der Waals surface area contributed by atoms with E-state index in [-0.39, 0.29) is 42.1 Å². The van der Waals surface area contributed by atoms with Gasteiger partial charge in [-0.25, -0.2) is 4.68 Å². The Balaban J connectivity index is 1.43. The van der Waals surface area contributed by atoms with Gasteiger partial charge in [0.1, 0.15) is 5.69 Å². The molecular weight excluding hydrogens is 394 g/mol. The van der Waals surface area contributed by atoms with E-state index in [9.17, 15) is 14.4 Å². The highest BCUT2D eigenvalue weighted by atomic mass is 16.2. The van der Waals surface area contributed by atoms with Gasteiger partial charge >= 0.3 is 0 Å². The number of fused-ring (bicyclic) bond motifs is 1. The highest BCUT2D eigenvalue weighted by Gasteiger charge is 2.32. The molecule has 3 aromatic rings. The molecule has 1 atom stereocenters. The van der Waals surface area contributed by atoms with Crippen LogP contribution in [0.3, 0.4) is 0 Å². The summed E-state index contributed by atoms with van der Waals surface area (Å²) in [7, 11) is 0. The first kappa shape index (κ1) is 20.5. The Morgan fingerprint density at radius 2 is 1.90 bits per heavy atom. The Labute approximate surface area is 179 Å². The molecule has 0 unspecified atom stereocenters. The molecule has 8 nitrogen and oxygen atoms in total. The number of nitrogens with zero attached hydrogens (tertiary/aromatic N) is 4. The summed E-state index contributed by atoms with van der Waals surface area (Å²) in [6.45, 7) is 2.38. The van der Waals surface area contributed by atoms with Gasteiger partial charge in [-0.05, 0) is 43.2 Å². The van der Waals surface area contributed by atoms with Gasteiger partial charge in [-0.3, -0.25) is 19.4 Å². The SMILES string of the molecule is C[C@H]1Cc2ccccc2N1C(=O)c1ccc(=O)n(CCC(=O)NCc2ccccn2)n1. The molecule has 1 aromatic carbocycles. The van der Waals surface area contributed by atoms with E-state index in [1.807, 2.05) is 43.3 Å². The summed E-state index contributed by atoms with van der Waals surface area (Å²) in [6, 6.07) is 16.0. The lowest BCUT2D eigenvalue weighted by atomic mass is 10.1. The highest BCUT2D eigenvalue weighted by molar-refractivity contribution is 6.06. The number of nitrogens with one attached hydrogen (secondary N) is 1. The molecule has 31 heavy (non-hydrogen) atoms. The van der Waals surface area contributed by atoms with Crippen molar-refractivity contribution in [2.24, 2.45) is 0 Å². The van der Waals surface area contributed by atoms with Crippen LogP contribution in [-0.2, 0) is 24.3 Å². The molecule has 1 aliphatic rings. The second-order valence-electron chi connectivity index (χ2n) is 7.48. The van der Waals surface area contributed by atoms with Crippen LogP contribution in [0.4, 0.5) is 5.69 Å². The third kappa shape index (κ3) is 4.53. The van der Waals surface area contributed by atoms with Crippen LogP contribution in [0.15, 0.2) is 65.6 Å². The van der Waals surface area contributed by atoms with Gasteiger partial charge in [0.2, 0.25) is 5.91 Å². The van der Waals surface area contributed by atoms with E-state index in [2.05, 4.69) is 15.4 Å². The minimum atomic E-state index is -0.357. The van der Waals surface area contributed by atoms with E-state index in [1.165, 1.54) is 16.8 Å². The molecule has 0 bridgehead atoms. The standard InChI is InChI=1S/C23H23N5O3/c1-16-14-17-6-2-3-8-20(17)28(16)23(31)19-9-10-22(30)27(26-19)13-11-21(29)25-15-18-7-4-5-12-24-18/h2-10,12,16H,11,13-15H2,1H3,(H,25,29)/t16-/m0/s1. The van der Waals surface area contributed by atoms with Gasteiger partial charge < -0.3 is 10.2 Å². The summed E-state index contributed by atoms with van der Waals surface area (Å²) in [6.07, 6.45) is 2.51. The number of aromatic nitrogens is 3. The maximum Gasteiger partial charge on any atom is 0.278 e. The molecule has 4 rings (SSSR count). The van der Waals surface area contributed by atoms with Crippen LogP contribution in [-0.4, -0.2) is 32.6 Å². The number of amides is 2. The number of pyridine rings is 1. The number of anilines is 1. The molecule has 1 aliphatic heterocycles. The van der Waals surface area contributed by atoms with Gasteiger partial charge in [-0.1, -0.05) is 24.3 Å². The molecule has 0 aliphatic carbocycles. The van der Waals surface area contributed by atoms with Crippen LogP contribution in [0.25, 0.3) is 0 Å². The second kappa shape index (κ2) is 8.91. The number of benzene rings is 1. The van der Waals surface area contributed by atoms with Crippen LogP contribution in [0, 0.1) is 0 Å². The van der Waals surface area contributed by atoms with E-state index >= 15 is 0 Å². The lowest BCUT2D eigenvalue weighted by molar-refractivity contribution is -0.121. The van der Waals surface area contributed by atoms with Crippen molar-refractivity contribution in [2.45, 2.75) is 38.9 Å². The van der Waals surface area contributed by atoms with Crippen molar-refractivity contribution in [3.63, 3.8) is 0 Å².